The van der Waals surface area contributed by atoms with Crippen molar-refractivity contribution in [3.63, 3.8) is 0 Å². The molecule has 0 heterocycles. The molecule has 0 saturated heterocycles. The van der Waals surface area contributed by atoms with Crippen molar-refractivity contribution in [3.05, 3.63) is 12.2 Å². The normalized spacial score (nSPS) is 34.0. The zero-order valence-electron chi connectivity index (χ0n) is 7.29. The summed E-state index contributed by atoms with van der Waals surface area (Å²) in [4.78, 5) is 0. The lowest BCUT2D eigenvalue weighted by atomic mass is 9.97. The van der Waals surface area contributed by atoms with Crippen molar-refractivity contribution < 1.29 is 5.11 Å². The maximum Gasteiger partial charge on any atom is 0.0602 e. The fourth-order valence-corrected chi connectivity index (χ4v) is 1.79. The number of aliphatic hydroxyl groups is 1. The fraction of sp³-hybridized carbons (Fsp3) is 0.800. The maximum atomic E-state index is 9.63. The summed E-state index contributed by atoms with van der Waals surface area (Å²) in [6.07, 6.45) is 10.1. The Balaban J connectivity index is 2.45. The van der Waals surface area contributed by atoms with Crippen LogP contribution in [0.15, 0.2) is 12.2 Å². The van der Waals surface area contributed by atoms with Crippen LogP contribution < -0.4 is 0 Å². The minimum atomic E-state index is -0.0753. The van der Waals surface area contributed by atoms with E-state index in [2.05, 4.69) is 12.2 Å². The third kappa shape index (κ3) is 2.66. The zero-order valence-corrected chi connectivity index (χ0v) is 7.29. The summed E-state index contributed by atoms with van der Waals surface area (Å²) in [5.74, 6) is 0.433. The second-order valence-corrected chi connectivity index (χ2v) is 3.39. The molecule has 1 fully saturated rings. The fourth-order valence-electron chi connectivity index (χ4n) is 1.79. The number of hydrogen-bond donors (Lipinski definition) is 1. The topological polar surface area (TPSA) is 20.2 Å². The molecular weight excluding hydrogens is 136 g/mol. The molecule has 0 aromatic carbocycles. The summed E-state index contributed by atoms with van der Waals surface area (Å²) in [6.45, 7) is 2.03. The van der Waals surface area contributed by atoms with E-state index in [9.17, 15) is 5.11 Å². The van der Waals surface area contributed by atoms with E-state index in [-0.39, 0.29) is 6.10 Å². The van der Waals surface area contributed by atoms with E-state index in [1.54, 1.807) is 0 Å². The molecule has 1 N–H and O–H groups in total. The Morgan fingerprint density at radius 2 is 1.91 bits per heavy atom. The quantitative estimate of drug-likeness (QED) is 0.454. The molecule has 2 atom stereocenters. The van der Waals surface area contributed by atoms with Crippen LogP contribution in [0.5, 0.6) is 0 Å². The smallest absolute Gasteiger partial charge is 0.0602 e. The van der Waals surface area contributed by atoms with Crippen LogP contribution in [0.4, 0.5) is 0 Å². The predicted molar refractivity (Wildman–Crippen MR) is 47.4 cm³/mol. The Morgan fingerprint density at radius 3 is 2.64 bits per heavy atom. The average Bonchev–Trinajstić information content (AvgIpc) is 2.18. The van der Waals surface area contributed by atoms with Gasteiger partial charge < -0.3 is 5.11 Å². The molecule has 0 spiro atoms. The Morgan fingerprint density at radius 1 is 1.18 bits per heavy atom. The van der Waals surface area contributed by atoms with Gasteiger partial charge in [-0.15, -0.1) is 0 Å². The molecule has 1 heteroatoms. The molecule has 2 unspecified atom stereocenters. The molecule has 1 aliphatic rings. The van der Waals surface area contributed by atoms with Gasteiger partial charge in [0.15, 0.2) is 0 Å². The first-order valence-electron chi connectivity index (χ1n) is 4.65. The molecule has 1 aliphatic carbocycles. The first-order chi connectivity index (χ1) is 5.34. The second-order valence-electron chi connectivity index (χ2n) is 3.39. The molecule has 11 heavy (non-hydrogen) atoms. The second kappa shape index (κ2) is 4.55. The summed E-state index contributed by atoms with van der Waals surface area (Å²) in [5, 5.41) is 9.63. The van der Waals surface area contributed by atoms with Crippen LogP contribution in [0.3, 0.4) is 0 Å². The van der Waals surface area contributed by atoms with E-state index >= 15 is 0 Å². The van der Waals surface area contributed by atoms with E-state index in [1.807, 2.05) is 6.92 Å². The summed E-state index contributed by atoms with van der Waals surface area (Å²) in [7, 11) is 0. The van der Waals surface area contributed by atoms with Crippen molar-refractivity contribution in [3.8, 4) is 0 Å². The van der Waals surface area contributed by atoms with E-state index < -0.39 is 0 Å². The van der Waals surface area contributed by atoms with Crippen LogP contribution in [0.2, 0.25) is 0 Å². The van der Waals surface area contributed by atoms with E-state index in [1.165, 1.54) is 25.7 Å². The number of allylic oxidation sites excluding steroid dienone is 1. The summed E-state index contributed by atoms with van der Waals surface area (Å²) < 4.78 is 0. The van der Waals surface area contributed by atoms with Crippen molar-refractivity contribution in [2.75, 3.05) is 0 Å². The molecule has 0 aromatic heterocycles. The third-order valence-corrected chi connectivity index (χ3v) is 2.47. The largest absolute Gasteiger partial charge is 0.393 e. The summed E-state index contributed by atoms with van der Waals surface area (Å²) in [6, 6.07) is 0. The Hall–Kier alpha value is -0.300. The van der Waals surface area contributed by atoms with Crippen LogP contribution in [0.1, 0.15) is 39.0 Å². The first-order valence-corrected chi connectivity index (χ1v) is 4.65. The zero-order chi connectivity index (χ0) is 8.10. The Bertz CT molecular complexity index is 129. The molecule has 64 valence electrons. The van der Waals surface area contributed by atoms with Gasteiger partial charge in [0.2, 0.25) is 0 Å². The number of rotatable bonds is 1. The van der Waals surface area contributed by atoms with Crippen LogP contribution in [-0.2, 0) is 0 Å². The van der Waals surface area contributed by atoms with Crippen LogP contribution in [0, 0.1) is 5.92 Å². The van der Waals surface area contributed by atoms with Gasteiger partial charge in [-0.3, -0.25) is 0 Å². The van der Waals surface area contributed by atoms with Gasteiger partial charge in [-0.05, 0) is 19.8 Å². The van der Waals surface area contributed by atoms with Gasteiger partial charge in [-0.1, -0.05) is 31.4 Å². The lowest BCUT2D eigenvalue weighted by molar-refractivity contribution is 0.123. The molecule has 1 nitrogen and oxygen atoms in total. The highest BCUT2D eigenvalue weighted by atomic mass is 16.3. The van der Waals surface area contributed by atoms with Gasteiger partial charge in [0.05, 0.1) is 6.10 Å². The Labute approximate surface area is 69.1 Å². The lowest BCUT2D eigenvalue weighted by Crippen LogP contribution is -2.16. The van der Waals surface area contributed by atoms with Crippen LogP contribution in [0.25, 0.3) is 0 Å². The SMILES string of the molecule is C/C=C/C1CCCCCC1O. The summed E-state index contributed by atoms with van der Waals surface area (Å²) in [5.41, 5.74) is 0. The molecule has 0 amide bonds. The van der Waals surface area contributed by atoms with Crippen molar-refractivity contribution in [2.45, 2.75) is 45.1 Å². The molecule has 1 rings (SSSR count). The highest BCUT2D eigenvalue weighted by molar-refractivity contribution is 4.90. The van der Waals surface area contributed by atoms with E-state index in [0.717, 1.165) is 6.42 Å². The van der Waals surface area contributed by atoms with Crippen molar-refractivity contribution in [2.24, 2.45) is 5.92 Å². The highest BCUT2D eigenvalue weighted by Gasteiger charge is 2.18. The first kappa shape index (κ1) is 8.79. The van der Waals surface area contributed by atoms with Gasteiger partial charge in [0.25, 0.3) is 0 Å². The molecule has 1 saturated carbocycles. The van der Waals surface area contributed by atoms with E-state index in [0.29, 0.717) is 5.92 Å². The van der Waals surface area contributed by atoms with E-state index in [4.69, 9.17) is 0 Å². The van der Waals surface area contributed by atoms with Gasteiger partial charge in [-0.2, -0.15) is 0 Å². The standard InChI is InChI=1S/C10H18O/c1-2-6-9-7-4-3-5-8-10(9)11/h2,6,9-11H,3-5,7-8H2,1H3/b6-2+. The van der Waals surface area contributed by atoms with Crippen LogP contribution in [-0.4, -0.2) is 11.2 Å². The van der Waals surface area contributed by atoms with Crippen molar-refractivity contribution in [1.82, 2.24) is 0 Å². The number of hydrogen-bond acceptors (Lipinski definition) is 1. The van der Waals surface area contributed by atoms with Crippen LogP contribution >= 0.6 is 0 Å². The highest BCUT2D eigenvalue weighted by Crippen LogP contribution is 2.24. The third-order valence-electron chi connectivity index (χ3n) is 2.47. The minimum absolute atomic E-state index is 0.0753. The van der Waals surface area contributed by atoms with Gasteiger partial charge in [0.1, 0.15) is 0 Å². The van der Waals surface area contributed by atoms with Gasteiger partial charge in [-0.25, -0.2) is 0 Å². The molecular formula is C10H18O. The van der Waals surface area contributed by atoms with Gasteiger partial charge >= 0.3 is 0 Å². The predicted octanol–water partition coefficient (Wildman–Crippen LogP) is 2.50. The van der Waals surface area contributed by atoms with Crippen molar-refractivity contribution in [1.29, 1.82) is 0 Å². The molecule has 0 aromatic rings. The summed E-state index contributed by atoms with van der Waals surface area (Å²) >= 11 is 0. The Kier molecular flexibility index (Phi) is 3.64. The molecule has 0 bridgehead atoms. The molecule has 0 radical (unpaired) electrons. The minimum Gasteiger partial charge on any atom is -0.393 e. The van der Waals surface area contributed by atoms with Gasteiger partial charge in [0, 0.05) is 5.92 Å². The molecule has 0 aliphatic heterocycles. The number of aliphatic hydroxyl groups excluding tert-OH is 1. The lowest BCUT2D eigenvalue weighted by Gasteiger charge is -2.15. The average molecular weight is 154 g/mol. The maximum absolute atomic E-state index is 9.63. The monoisotopic (exact) mass is 154 g/mol. The van der Waals surface area contributed by atoms with Crippen molar-refractivity contribution >= 4 is 0 Å².